The Hall–Kier alpha value is -0.360. The van der Waals surface area contributed by atoms with Crippen LogP contribution in [0.2, 0.25) is 0 Å². The predicted molar refractivity (Wildman–Crippen MR) is 77.2 cm³/mol. The quantitative estimate of drug-likeness (QED) is 0.243. The molecular weight excluding hydrogens is 312 g/mol. The van der Waals surface area contributed by atoms with E-state index < -0.39 is 61.5 Å². The van der Waals surface area contributed by atoms with E-state index in [4.69, 9.17) is 14.6 Å². The van der Waals surface area contributed by atoms with Gasteiger partial charge in [0.15, 0.2) is 6.29 Å². The second-order valence-electron chi connectivity index (χ2n) is 5.92. The summed E-state index contributed by atoms with van der Waals surface area (Å²) in [6, 6.07) is 0. The standard InChI is InChI=1S/C14H28O9/c1-3-7(16)10(18)6(2)8(17)5-22-14-13(21)12(20)11(19)9(4-15)23-14/h6-21H,3-5H2,1-2H3/t6-,7-,8-,9-,10+,11-,12+,13-,14+/m1/s1. The highest BCUT2D eigenvalue weighted by atomic mass is 16.7. The van der Waals surface area contributed by atoms with Crippen LogP contribution in [0.4, 0.5) is 0 Å². The van der Waals surface area contributed by atoms with Crippen LogP contribution in [0, 0.1) is 5.92 Å². The lowest BCUT2D eigenvalue weighted by atomic mass is 9.93. The number of rotatable bonds is 8. The summed E-state index contributed by atoms with van der Waals surface area (Å²) < 4.78 is 10.3. The molecule has 1 rings (SSSR count). The van der Waals surface area contributed by atoms with Crippen LogP contribution < -0.4 is 0 Å². The summed E-state index contributed by atoms with van der Waals surface area (Å²) in [6.07, 6.45) is -10.00. The van der Waals surface area contributed by atoms with Gasteiger partial charge in [-0.15, -0.1) is 0 Å². The van der Waals surface area contributed by atoms with Crippen LogP contribution in [0.5, 0.6) is 0 Å². The van der Waals surface area contributed by atoms with Gasteiger partial charge in [-0.3, -0.25) is 0 Å². The molecule has 0 saturated carbocycles. The maximum atomic E-state index is 10.00. The molecular formula is C14H28O9. The van der Waals surface area contributed by atoms with Crippen LogP contribution in [0.1, 0.15) is 20.3 Å². The Morgan fingerprint density at radius 1 is 1.00 bits per heavy atom. The number of aliphatic hydroxyl groups excluding tert-OH is 7. The van der Waals surface area contributed by atoms with Crippen LogP contribution in [-0.2, 0) is 9.47 Å². The molecule has 0 spiro atoms. The van der Waals surface area contributed by atoms with Gasteiger partial charge in [0.2, 0.25) is 0 Å². The smallest absolute Gasteiger partial charge is 0.186 e. The lowest BCUT2D eigenvalue weighted by Gasteiger charge is -2.40. The van der Waals surface area contributed by atoms with E-state index in [2.05, 4.69) is 0 Å². The Labute approximate surface area is 134 Å². The Morgan fingerprint density at radius 3 is 2.13 bits per heavy atom. The van der Waals surface area contributed by atoms with Crippen LogP contribution in [-0.4, -0.2) is 98.0 Å². The van der Waals surface area contributed by atoms with Crippen molar-refractivity contribution in [3.63, 3.8) is 0 Å². The van der Waals surface area contributed by atoms with Gasteiger partial charge in [0.25, 0.3) is 0 Å². The molecule has 0 bridgehead atoms. The van der Waals surface area contributed by atoms with E-state index in [0.29, 0.717) is 6.42 Å². The van der Waals surface area contributed by atoms with Gasteiger partial charge in [-0.05, 0) is 6.42 Å². The van der Waals surface area contributed by atoms with E-state index in [1.165, 1.54) is 6.92 Å². The van der Waals surface area contributed by atoms with Gasteiger partial charge in [0.1, 0.15) is 24.4 Å². The van der Waals surface area contributed by atoms with E-state index in [-0.39, 0.29) is 6.61 Å². The average Bonchev–Trinajstić information content (AvgIpc) is 2.56. The minimum Gasteiger partial charge on any atom is -0.394 e. The molecule has 9 heteroatoms. The SMILES string of the molecule is CC[C@@H](O)[C@@H](O)[C@H](C)[C@H](O)CO[C@H]1O[C@H](CO)[C@@H](O)[C@H](O)[C@H]1O. The summed E-state index contributed by atoms with van der Waals surface area (Å²) in [4.78, 5) is 0. The molecule has 9 nitrogen and oxygen atoms in total. The minimum absolute atomic E-state index is 0.325. The zero-order chi connectivity index (χ0) is 17.7. The fourth-order valence-electron chi connectivity index (χ4n) is 2.37. The highest BCUT2D eigenvalue weighted by Gasteiger charge is 2.44. The van der Waals surface area contributed by atoms with Crippen molar-refractivity contribution in [1.29, 1.82) is 0 Å². The van der Waals surface area contributed by atoms with Crippen molar-refractivity contribution < 1.29 is 45.2 Å². The molecule has 1 saturated heterocycles. The zero-order valence-corrected chi connectivity index (χ0v) is 13.3. The second-order valence-corrected chi connectivity index (χ2v) is 5.92. The van der Waals surface area contributed by atoms with E-state index in [1.54, 1.807) is 6.92 Å². The molecule has 0 amide bonds. The molecule has 0 aromatic rings. The number of ether oxygens (including phenoxy) is 2. The molecule has 0 aromatic carbocycles. The lowest BCUT2D eigenvalue weighted by Crippen LogP contribution is -2.59. The summed E-state index contributed by atoms with van der Waals surface area (Å²) in [6.45, 7) is 2.31. The third kappa shape index (κ3) is 5.05. The van der Waals surface area contributed by atoms with Gasteiger partial charge in [-0.25, -0.2) is 0 Å². The molecule has 0 unspecified atom stereocenters. The first-order valence-corrected chi connectivity index (χ1v) is 7.70. The molecule has 0 radical (unpaired) electrons. The van der Waals surface area contributed by atoms with Crippen LogP contribution in [0.15, 0.2) is 0 Å². The fraction of sp³-hybridized carbons (Fsp3) is 1.00. The Morgan fingerprint density at radius 2 is 1.61 bits per heavy atom. The lowest BCUT2D eigenvalue weighted by molar-refractivity contribution is -0.305. The maximum absolute atomic E-state index is 10.00. The largest absolute Gasteiger partial charge is 0.394 e. The third-order valence-electron chi connectivity index (χ3n) is 4.24. The molecule has 1 aliphatic rings. The Balaban J connectivity index is 2.55. The molecule has 0 aliphatic carbocycles. The molecule has 0 aromatic heterocycles. The van der Waals surface area contributed by atoms with Crippen LogP contribution in [0.25, 0.3) is 0 Å². The average molecular weight is 340 g/mol. The van der Waals surface area contributed by atoms with Crippen LogP contribution >= 0.6 is 0 Å². The number of hydrogen-bond acceptors (Lipinski definition) is 9. The molecule has 1 heterocycles. The number of aliphatic hydroxyl groups is 7. The molecule has 7 N–H and O–H groups in total. The Bertz CT molecular complexity index is 340. The van der Waals surface area contributed by atoms with E-state index in [0.717, 1.165) is 0 Å². The molecule has 1 fully saturated rings. The highest BCUT2D eigenvalue weighted by molar-refractivity contribution is 4.89. The monoisotopic (exact) mass is 340 g/mol. The van der Waals surface area contributed by atoms with Gasteiger partial charge in [-0.2, -0.15) is 0 Å². The topological polar surface area (TPSA) is 160 Å². The Kier molecular flexibility index (Phi) is 8.28. The van der Waals surface area contributed by atoms with Crippen molar-refractivity contribution in [2.45, 2.75) is 69.3 Å². The summed E-state index contributed by atoms with van der Waals surface area (Å²) >= 11 is 0. The summed E-state index contributed by atoms with van der Waals surface area (Å²) in [7, 11) is 0. The third-order valence-corrected chi connectivity index (χ3v) is 4.24. The van der Waals surface area contributed by atoms with Crippen molar-refractivity contribution in [1.82, 2.24) is 0 Å². The molecule has 1 aliphatic heterocycles. The van der Waals surface area contributed by atoms with E-state index in [9.17, 15) is 30.6 Å². The normalized spacial score (nSPS) is 37.2. The fourth-order valence-corrected chi connectivity index (χ4v) is 2.37. The summed E-state index contributed by atoms with van der Waals surface area (Å²) in [5, 5.41) is 67.6. The van der Waals surface area contributed by atoms with Gasteiger partial charge >= 0.3 is 0 Å². The first kappa shape index (κ1) is 20.7. The van der Waals surface area contributed by atoms with Gasteiger partial charge in [0, 0.05) is 5.92 Å². The number of hydrogen-bond donors (Lipinski definition) is 7. The van der Waals surface area contributed by atoms with E-state index in [1.807, 2.05) is 0 Å². The zero-order valence-electron chi connectivity index (χ0n) is 13.3. The predicted octanol–water partition coefficient (Wildman–Crippen LogP) is -3.07. The van der Waals surface area contributed by atoms with Crippen molar-refractivity contribution in [3.05, 3.63) is 0 Å². The maximum Gasteiger partial charge on any atom is 0.186 e. The van der Waals surface area contributed by atoms with E-state index >= 15 is 0 Å². The van der Waals surface area contributed by atoms with Gasteiger partial charge < -0.3 is 45.2 Å². The first-order valence-electron chi connectivity index (χ1n) is 7.70. The second kappa shape index (κ2) is 9.21. The highest BCUT2D eigenvalue weighted by Crippen LogP contribution is 2.23. The molecule has 9 atom stereocenters. The van der Waals surface area contributed by atoms with Gasteiger partial charge in [0.05, 0.1) is 31.5 Å². The van der Waals surface area contributed by atoms with Gasteiger partial charge in [-0.1, -0.05) is 13.8 Å². The van der Waals surface area contributed by atoms with Crippen molar-refractivity contribution in [2.24, 2.45) is 5.92 Å². The first-order chi connectivity index (χ1) is 10.7. The van der Waals surface area contributed by atoms with Crippen molar-refractivity contribution >= 4 is 0 Å². The van der Waals surface area contributed by atoms with Crippen molar-refractivity contribution in [2.75, 3.05) is 13.2 Å². The molecule has 23 heavy (non-hydrogen) atoms. The molecule has 138 valence electrons. The minimum atomic E-state index is -1.56. The summed E-state index contributed by atoms with van der Waals surface area (Å²) in [5.74, 6) is -0.699. The summed E-state index contributed by atoms with van der Waals surface area (Å²) in [5.41, 5.74) is 0. The van der Waals surface area contributed by atoms with Crippen molar-refractivity contribution in [3.8, 4) is 0 Å². The van der Waals surface area contributed by atoms with Crippen LogP contribution in [0.3, 0.4) is 0 Å².